The number of phenols is 1. The molecule has 0 spiro atoms. The fraction of sp³-hybridized carbons (Fsp3) is 0.692. The summed E-state index contributed by atoms with van der Waals surface area (Å²) in [6, 6.07) is 6.48. The fourth-order valence-corrected chi connectivity index (χ4v) is 12.0. The van der Waals surface area contributed by atoms with Crippen LogP contribution in [-0.2, 0) is 14.3 Å². The van der Waals surface area contributed by atoms with Crippen LogP contribution in [0.4, 0.5) is 0 Å². The Morgan fingerprint density at radius 3 is 2.30 bits per heavy atom. The molecule has 0 saturated heterocycles. The summed E-state index contributed by atoms with van der Waals surface area (Å²) in [5.74, 6) is -1.57. The average Bonchev–Trinajstić information content (AvgIpc) is 3.00. The summed E-state index contributed by atoms with van der Waals surface area (Å²) in [6.45, 7) is 12.7. The molecule has 4 saturated carbocycles. The molecule has 47 heavy (non-hydrogen) atoms. The number of benzene rings is 1. The second kappa shape index (κ2) is 11.2. The molecule has 8 heteroatoms. The Morgan fingerprint density at radius 2 is 1.64 bits per heavy atom. The van der Waals surface area contributed by atoms with Crippen LogP contribution in [0.1, 0.15) is 98.5 Å². The number of carbonyl (C=O) groups is 2. The SMILES string of the molecule is C[C@@H]1CC[C@]2(C(=O)O)CC[C@]3(C)C(=CC[C@@H]4[C@@]5(C)CC(O)C(O)[C@@](C)(COC(=O)/C=C\c6ccc(O)cc6)[C@@H]5CC[C@]43C)[C@@H]2[C@]1(C)O. The number of carbonyl (C=O) groups excluding carboxylic acids is 1. The Morgan fingerprint density at radius 1 is 0.957 bits per heavy atom. The molecule has 5 aliphatic carbocycles. The molecule has 4 fully saturated rings. The molecule has 2 unspecified atom stereocenters. The van der Waals surface area contributed by atoms with Gasteiger partial charge >= 0.3 is 11.9 Å². The van der Waals surface area contributed by atoms with Gasteiger partial charge in [0.25, 0.3) is 0 Å². The van der Waals surface area contributed by atoms with Crippen molar-refractivity contribution in [2.45, 2.75) is 111 Å². The lowest BCUT2D eigenvalue weighted by atomic mass is 9.33. The summed E-state index contributed by atoms with van der Waals surface area (Å²) < 4.78 is 5.79. The molecule has 5 N–H and O–H groups in total. The maximum atomic E-state index is 13.0. The number of fused-ring (bicyclic) bond motifs is 7. The zero-order valence-corrected chi connectivity index (χ0v) is 28.8. The van der Waals surface area contributed by atoms with Crippen LogP contribution in [0.5, 0.6) is 5.75 Å². The van der Waals surface area contributed by atoms with Crippen LogP contribution in [0.25, 0.3) is 6.08 Å². The van der Waals surface area contributed by atoms with Gasteiger partial charge in [-0.1, -0.05) is 58.4 Å². The van der Waals surface area contributed by atoms with E-state index in [0.29, 0.717) is 32.1 Å². The quantitative estimate of drug-likeness (QED) is 0.146. The number of esters is 1. The van der Waals surface area contributed by atoms with Gasteiger partial charge in [-0.2, -0.15) is 0 Å². The lowest BCUT2D eigenvalue weighted by molar-refractivity contribution is -0.248. The zero-order valence-electron chi connectivity index (χ0n) is 28.8. The first kappa shape index (κ1) is 34.2. The normalized spacial score (nSPS) is 47.6. The number of aromatic hydroxyl groups is 1. The Hall–Kier alpha value is -2.68. The molecule has 1 aromatic carbocycles. The molecule has 5 aliphatic rings. The van der Waals surface area contributed by atoms with E-state index in [1.54, 1.807) is 30.3 Å². The van der Waals surface area contributed by atoms with Crippen molar-refractivity contribution in [1.82, 2.24) is 0 Å². The van der Waals surface area contributed by atoms with Gasteiger partial charge in [0.15, 0.2) is 0 Å². The van der Waals surface area contributed by atoms with Gasteiger partial charge in [-0.25, -0.2) is 4.79 Å². The average molecular weight is 651 g/mol. The minimum Gasteiger partial charge on any atom is -0.508 e. The van der Waals surface area contributed by atoms with Crippen LogP contribution in [-0.4, -0.2) is 61.9 Å². The summed E-state index contributed by atoms with van der Waals surface area (Å²) in [4.78, 5) is 25.9. The summed E-state index contributed by atoms with van der Waals surface area (Å²) in [5, 5.41) is 55.2. The summed E-state index contributed by atoms with van der Waals surface area (Å²) in [5.41, 5.74) is -2.10. The topological polar surface area (TPSA) is 145 Å². The van der Waals surface area contributed by atoms with E-state index in [9.17, 15) is 35.1 Å². The van der Waals surface area contributed by atoms with Gasteiger partial charge in [0, 0.05) is 17.4 Å². The van der Waals surface area contributed by atoms with Crippen molar-refractivity contribution in [2.24, 2.45) is 50.7 Å². The Balaban J connectivity index is 1.32. The van der Waals surface area contributed by atoms with E-state index in [2.05, 4.69) is 26.8 Å². The van der Waals surface area contributed by atoms with Crippen molar-refractivity contribution in [3.63, 3.8) is 0 Å². The number of hydrogen-bond donors (Lipinski definition) is 5. The van der Waals surface area contributed by atoms with Crippen LogP contribution in [0.15, 0.2) is 42.0 Å². The standard InChI is InChI=1S/C39H54O8/c1-23-15-18-39(33(44)45)20-19-36(4)26(31(39)38(23,6)46)12-13-29-34(2)21-27(41)32(43)35(3,28(34)16-17-37(29,36)5)22-47-30(42)14-9-24-7-10-25(40)11-8-24/h7-12,14,23,27-29,31-32,40-41,43,46H,13,15-22H2,1-6H3,(H,44,45)/b14-9-/t23-,27?,28-,29-,31-,32?,34+,35+,36-,37-,38-,39+/m1/s1. The number of aliphatic hydroxyl groups is 3. The number of allylic oxidation sites excluding steroid dienone is 1. The predicted octanol–water partition coefficient (Wildman–Crippen LogP) is 6.12. The highest BCUT2D eigenvalue weighted by molar-refractivity contribution is 5.87. The Labute approximate surface area is 278 Å². The van der Waals surface area contributed by atoms with Gasteiger partial charge in [-0.3, -0.25) is 4.79 Å². The van der Waals surface area contributed by atoms with Crippen molar-refractivity contribution in [3.8, 4) is 5.75 Å². The number of carboxylic acids is 1. The third-order valence-corrected chi connectivity index (χ3v) is 15.1. The van der Waals surface area contributed by atoms with Gasteiger partial charge in [0.2, 0.25) is 0 Å². The number of aliphatic hydroxyl groups excluding tert-OH is 2. The van der Waals surface area contributed by atoms with E-state index in [-0.39, 0.29) is 46.4 Å². The molecule has 0 bridgehead atoms. The van der Waals surface area contributed by atoms with Crippen LogP contribution in [0.2, 0.25) is 0 Å². The van der Waals surface area contributed by atoms with Crippen molar-refractivity contribution < 1.29 is 39.9 Å². The molecule has 8 nitrogen and oxygen atoms in total. The van der Waals surface area contributed by atoms with Crippen molar-refractivity contribution >= 4 is 18.0 Å². The number of aliphatic carboxylic acids is 1. The zero-order chi connectivity index (χ0) is 34.4. The van der Waals surface area contributed by atoms with Gasteiger partial charge in [-0.15, -0.1) is 0 Å². The van der Waals surface area contributed by atoms with Gasteiger partial charge < -0.3 is 30.3 Å². The highest BCUT2D eigenvalue weighted by Gasteiger charge is 2.72. The van der Waals surface area contributed by atoms with Crippen LogP contribution < -0.4 is 0 Å². The summed E-state index contributed by atoms with van der Waals surface area (Å²) >= 11 is 0. The molecule has 6 rings (SSSR count). The molecule has 1 aromatic rings. The molecular weight excluding hydrogens is 596 g/mol. The van der Waals surface area contributed by atoms with Gasteiger partial charge in [0.05, 0.1) is 29.8 Å². The molecule has 0 aliphatic heterocycles. The number of carboxylic acid groups (broad SMARTS) is 1. The van der Waals surface area contributed by atoms with Gasteiger partial charge in [-0.05, 0) is 116 Å². The number of phenolic OH excluding ortho intramolecular Hbond substituents is 1. The molecule has 0 amide bonds. The van der Waals surface area contributed by atoms with E-state index in [1.165, 1.54) is 6.08 Å². The molecular formula is C39H54O8. The molecule has 258 valence electrons. The van der Waals surface area contributed by atoms with E-state index < -0.39 is 46.5 Å². The first-order valence-electron chi connectivity index (χ1n) is 17.5. The van der Waals surface area contributed by atoms with E-state index >= 15 is 0 Å². The van der Waals surface area contributed by atoms with E-state index in [1.807, 2.05) is 20.8 Å². The summed E-state index contributed by atoms with van der Waals surface area (Å²) in [7, 11) is 0. The highest BCUT2D eigenvalue weighted by atomic mass is 16.5. The summed E-state index contributed by atoms with van der Waals surface area (Å²) in [6.07, 6.45) is 8.45. The molecule has 0 aromatic heterocycles. The maximum absolute atomic E-state index is 13.0. The highest BCUT2D eigenvalue weighted by Crippen LogP contribution is 2.76. The monoisotopic (exact) mass is 650 g/mol. The maximum Gasteiger partial charge on any atom is 0.330 e. The fourth-order valence-electron chi connectivity index (χ4n) is 12.0. The molecule has 0 heterocycles. The lowest BCUT2D eigenvalue weighted by Crippen LogP contribution is -2.69. The Bertz CT molecular complexity index is 1480. The first-order chi connectivity index (χ1) is 21.9. The molecule has 12 atom stereocenters. The second-order valence-corrected chi connectivity index (χ2v) is 17.1. The van der Waals surface area contributed by atoms with Crippen LogP contribution in [0.3, 0.4) is 0 Å². The number of ether oxygens (including phenoxy) is 1. The minimum atomic E-state index is -1.14. The third kappa shape index (κ3) is 4.79. The number of hydrogen-bond acceptors (Lipinski definition) is 7. The third-order valence-electron chi connectivity index (χ3n) is 15.1. The van der Waals surface area contributed by atoms with Gasteiger partial charge in [0.1, 0.15) is 5.75 Å². The number of rotatable bonds is 5. The van der Waals surface area contributed by atoms with Crippen molar-refractivity contribution in [2.75, 3.05) is 6.61 Å². The van der Waals surface area contributed by atoms with Crippen LogP contribution >= 0.6 is 0 Å². The minimum absolute atomic E-state index is 0.0173. The second-order valence-electron chi connectivity index (χ2n) is 17.1. The van der Waals surface area contributed by atoms with Crippen LogP contribution in [0, 0.1) is 50.7 Å². The van der Waals surface area contributed by atoms with Crippen molar-refractivity contribution in [3.05, 3.63) is 47.6 Å². The van der Waals surface area contributed by atoms with E-state index in [4.69, 9.17) is 4.74 Å². The molecule has 0 radical (unpaired) electrons. The Kier molecular flexibility index (Phi) is 8.13. The smallest absolute Gasteiger partial charge is 0.330 e. The van der Waals surface area contributed by atoms with Crippen molar-refractivity contribution in [1.29, 1.82) is 0 Å². The largest absolute Gasteiger partial charge is 0.508 e. The lowest BCUT2D eigenvalue weighted by Gasteiger charge is -2.72. The van der Waals surface area contributed by atoms with E-state index in [0.717, 1.165) is 30.4 Å². The predicted molar refractivity (Wildman–Crippen MR) is 178 cm³/mol. The first-order valence-corrected chi connectivity index (χ1v) is 17.5.